The highest BCUT2D eigenvalue weighted by Crippen LogP contribution is 2.23. The molecule has 0 bridgehead atoms. The standard InChI is InChI=1S/C21H19ClN4O3/c22-21-23-14-15(18(24-21)25-10-12-29-13-11-25)6-2-1-5-9-26-19(27)16-7-3-4-8-17(16)20(26)28/h3-4,7-8,14H,1,5,9-13H2. The summed E-state index contributed by atoms with van der Waals surface area (Å²) < 4.78 is 5.38. The zero-order valence-electron chi connectivity index (χ0n) is 15.7. The summed E-state index contributed by atoms with van der Waals surface area (Å²) in [6.07, 6.45) is 2.76. The second-order valence-corrected chi connectivity index (χ2v) is 7.03. The Morgan fingerprint density at radius 3 is 2.48 bits per heavy atom. The molecule has 2 aromatic rings. The Morgan fingerprint density at radius 2 is 1.79 bits per heavy atom. The number of ether oxygens (including phenoxy) is 1. The molecule has 4 rings (SSSR count). The first kappa shape index (κ1) is 19.4. The van der Waals surface area contributed by atoms with Crippen LogP contribution < -0.4 is 4.90 Å². The summed E-state index contributed by atoms with van der Waals surface area (Å²) in [5.41, 5.74) is 1.64. The van der Waals surface area contributed by atoms with Crippen molar-refractivity contribution in [3.8, 4) is 11.8 Å². The highest BCUT2D eigenvalue weighted by Gasteiger charge is 2.34. The Labute approximate surface area is 173 Å². The summed E-state index contributed by atoms with van der Waals surface area (Å²) in [4.78, 5) is 36.5. The van der Waals surface area contributed by atoms with Crippen molar-refractivity contribution < 1.29 is 14.3 Å². The molecule has 0 N–H and O–H groups in total. The molecule has 0 unspecified atom stereocenters. The molecule has 148 valence electrons. The third kappa shape index (κ3) is 4.09. The van der Waals surface area contributed by atoms with E-state index in [0.29, 0.717) is 55.1 Å². The van der Waals surface area contributed by atoms with Crippen molar-refractivity contribution in [2.45, 2.75) is 12.8 Å². The van der Waals surface area contributed by atoms with Gasteiger partial charge in [-0.2, -0.15) is 4.98 Å². The molecule has 1 aromatic carbocycles. The summed E-state index contributed by atoms with van der Waals surface area (Å²) in [5, 5.41) is 0.183. The van der Waals surface area contributed by atoms with Gasteiger partial charge in [-0.3, -0.25) is 14.5 Å². The second-order valence-electron chi connectivity index (χ2n) is 6.69. The quantitative estimate of drug-likeness (QED) is 0.333. The van der Waals surface area contributed by atoms with E-state index in [9.17, 15) is 9.59 Å². The minimum absolute atomic E-state index is 0.183. The highest BCUT2D eigenvalue weighted by molar-refractivity contribution is 6.28. The minimum atomic E-state index is -0.237. The smallest absolute Gasteiger partial charge is 0.261 e. The number of hydrogen-bond donors (Lipinski definition) is 0. The molecule has 29 heavy (non-hydrogen) atoms. The van der Waals surface area contributed by atoms with Crippen molar-refractivity contribution in [1.29, 1.82) is 0 Å². The van der Waals surface area contributed by atoms with Crippen LogP contribution in [-0.2, 0) is 4.74 Å². The number of anilines is 1. The van der Waals surface area contributed by atoms with Gasteiger partial charge in [-0.05, 0) is 30.2 Å². The zero-order valence-corrected chi connectivity index (χ0v) is 16.5. The maximum Gasteiger partial charge on any atom is 0.261 e. The van der Waals surface area contributed by atoms with E-state index in [1.807, 2.05) is 0 Å². The number of imide groups is 1. The fourth-order valence-corrected chi connectivity index (χ4v) is 3.51. The molecule has 0 saturated carbocycles. The average molecular weight is 411 g/mol. The predicted molar refractivity (Wildman–Crippen MR) is 108 cm³/mol. The maximum atomic E-state index is 12.4. The van der Waals surface area contributed by atoms with Crippen molar-refractivity contribution in [3.63, 3.8) is 0 Å². The van der Waals surface area contributed by atoms with Gasteiger partial charge in [0.1, 0.15) is 5.82 Å². The number of fused-ring (bicyclic) bond motifs is 1. The van der Waals surface area contributed by atoms with Crippen LogP contribution in [0.2, 0.25) is 5.28 Å². The van der Waals surface area contributed by atoms with E-state index < -0.39 is 0 Å². The largest absolute Gasteiger partial charge is 0.378 e. The number of aromatic nitrogens is 2. The van der Waals surface area contributed by atoms with Gasteiger partial charge < -0.3 is 9.64 Å². The van der Waals surface area contributed by atoms with Crippen LogP contribution in [0.3, 0.4) is 0 Å². The third-order valence-electron chi connectivity index (χ3n) is 4.83. The lowest BCUT2D eigenvalue weighted by molar-refractivity contribution is 0.0653. The van der Waals surface area contributed by atoms with Crippen molar-refractivity contribution >= 4 is 29.2 Å². The van der Waals surface area contributed by atoms with E-state index in [0.717, 1.165) is 13.1 Å². The fourth-order valence-electron chi connectivity index (χ4n) is 3.38. The van der Waals surface area contributed by atoms with Gasteiger partial charge in [0.05, 0.1) is 29.9 Å². The Kier molecular flexibility index (Phi) is 5.74. The molecule has 8 heteroatoms. The summed E-state index contributed by atoms with van der Waals surface area (Å²) in [6.45, 7) is 3.06. The summed E-state index contributed by atoms with van der Waals surface area (Å²) in [5.74, 6) is 6.43. The van der Waals surface area contributed by atoms with Gasteiger partial charge in [0.15, 0.2) is 0 Å². The molecule has 3 heterocycles. The lowest BCUT2D eigenvalue weighted by Crippen LogP contribution is -2.37. The van der Waals surface area contributed by atoms with Gasteiger partial charge >= 0.3 is 0 Å². The molecule has 7 nitrogen and oxygen atoms in total. The summed E-state index contributed by atoms with van der Waals surface area (Å²) >= 11 is 5.96. The van der Waals surface area contributed by atoms with Crippen LogP contribution >= 0.6 is 11.6 Å². The Morgan fingerprint density at radius 1 is 1.10 bits per heavy atom. The van der Waals surface area contributed by atoms with Gasteiger partial charge in [0.25, 0.3) is 11.8 Å². The van der Waals surface area contributed by atoms with Crippen LogP contribution in [0.15, 0.2) is 30.5 Å². The van der Waals surface area contributed by atoms with Crippen LogP contribution in [0, 0.1) is 11.8 Å². The average Bonchev–Trinajstić information content (AvgIpc) is 3.00. The van der Waals surface area contributed by atoms with Crippen molar-refractivity contribution in [2.75, 3.05) is 37.7 Å². The number of benzene rings is 1. The molecular weight excluding hydrogens is 392 g/mol. The van der Waals surface area contributed by atoms with Gasteiger partial charge in [0, 0.05) is 32.3 Å². The third-order valence-corrected chi connectivity index (χ3v) is 5.02. The number of amides is 2. The molecule has 0 aliphatic carbocycles. The topological polar surface area (TPSA) is 75.6 Å². The first-order chi connectivity index (χ1) is 14.1. The number of nitrogens with zero attached hydrogens (tertiary/aromatic N) is 4. The predicted octanol–water partition coefficient (Wildman–Crippen LogP) is 2.39. The number of rotatable bonds is 4. The second kappa shape index (κ2) is 8.60. The van der Waals surface area contributed by atoms with Crippen LogP contribution in [0.1, 0.15) is 39.1 Å². The number of hydrogen-bond acceptors (Lipinski definition) is 6. The SMILES string of the molecule is O=C1c2ccccc2C(=O)N1CCCC#Cc1cnc(Cl)nc1N1CCOCC1. The summed E-state index contributed by atoms with van der Waals surface area (Å²) in [6, 6.07) is 6.89. The maximum absolute atomic E-state index is 12.4. The molecule has 2 amide bonds. The van der Waals surface area contributed by atoms with Gasteiger partial charge in [-0.1, -0.05) is 24.0 Å². The van der Waals surface area contributed by atoms with Crippen LogP contribution in [0.4, 0.5) is 5.82 Å². The molecule has 2 aliphatic heterocycles. The number of carbonyl (C=O) groups excluding carboxylic acids is 2. The van der Waals surface area contributed by atoms with Crippen molar-refractivity contribution in [2.24, 2.45) is 0 Å². The van der Waals surface area contributed by atoms with Gasteiger partial charge in [-0.15, -0.1) is 0 Å². The minimum Gasteiger partial charge on any atom is -0.378 e. The monoisotopic (exact) mass is 410 g/mol. The Balaban J connectivity index is 1.38. The lowest BCUT2D eigenvalue weighted by atomic mass is 10.1. The molecule has 1 fully saturated rings. The number of unbranched alkanes of at least 4 members (excludes halogenated alkanes) is 1. The fraction of sp³-hybridized carbons (Fsp3) is 0.333. The van der Waals surface area contributed by atoms with E-state index in [2.05, 4.69) is 26.7 Å². The van der Waals surface area contributed by atoms with E-state index in [-0.39, 0.29) is 17.1 Å². The molecule has 1 saturated heterocycles. The molecule has 0 radical (unpaired) electrons. The highest BCUT2D eigenvalue weighted by atomic mass is 35.5. The van der Waals surface area contributed by atoms with Crippen molar-refractivity contribution in [1.82, 2.24) is 14.9 Å². The normalized spacial score (nSPS) is 15.9. The van der Waals surface area contributed by atoms with Crippen molar-refractivity contribution in [3.05, 3.63) is 52.4 Å². The Bertz CT molecular complexity index is 973. The van der Waals surface area contributed by atoms with Gasteiger partial charge in [0.2, 0.25) is 5.28 Å². The Hall–Kier alpha value is -2.95. The van der Waals surface area contributed by atoms with E-state index >= 15 is 0 Å². The molecule has 0 atom stereocenters. The molecule has 2 aliphatic rings. The van der Waals surface area contributed by atoms with E-state index in [4.69, 9.17) is 16.3 Å². The lowest BCUT2D eigenvalue weighted by Gasteiger charge is -2.28. The van der Waals surface area contributed by atoms with Crippen LogP contribution in [0.25, 0.3) is 0 Å². The number of halogens is 1. The molecule has 0 spiro atoms. The first-order valence-electron chi connectivity index (χ1n) is 9.44. The van der Waals surface area contributed by atoms with E-state index in [1.165, 1.54) is 4.90 Å². The van der Waals surface area contributed by atoms with E-state index in [1.54, 1.807) is 30.5 Å². The molecular formula is C21H19ClN4O3. The van der Waals surface area contributed by atoms with Crippen LogP contribution in [0.5, 0.6) is 0 Å². The number of morpholine rings is 1. The number of carbonyl (C=O) groups is 2. The zero-order chi connectivity index (χ0) is 20.2. The first-order valence-corrected chi connectivity index (χ1v) is 9.82. The van der Waals surface area contributed by atoms with Crippen LogP contribution in [-0.4, -0.2) is 59.5 Å². The van der Waals surface area contributed by atoms with Gasteiger partial charge in [-0.25, -0.2) is 4.98 Å². The summed E-state index contributed by atoms with van der Waals surface area (Å²) in [7, 11) is 0. The molecule has 1 aromatic heterocycles.